The van der Waals surface area contributed by atoms with E-state index in [1.165, 1.54) is 5.06 Å². The van der Waals surface area contributed by atoms with Gasteiger partial charge in [-0.3, -0.25) is 4.89 Å². The number of benzene rings is 1. The van der Waals surface area contributed by atoms with Gasteiger partial charge in [-0.1, -0.05) is 17.1 Å². The van der Waals surface area contributed by atoms with Crippen LogP contribution in [0.5, 0.6) is 5.75 Å². The summed E-state index contributed by atoms with van der Waals surface area (Å²) in [4.78, 5) is 19.7. The molecule has 1 N–H and O–H groups in total. The Morgan fingerprint density at radius 2 is 2.07 bits per heavy atom. The number of phenols is 1. The molecule has 0 saturated carbocycles. The van der Waals surface area contributed by atoms with Crippen molar-refractivity contribution in [2.45, 2.75) is 6.42 Å². The number of hydrogen-bond donors (Lipinski definition) is 1. The van der Waals surface area contributed by atoms with Gasteiger partial charge in [0.25, 0.3) is 0 Å². The Bertz CT molecular complexity index is 349. The largest absolute Gasteiger partial charge is 0.508 e. The van der Waals surface area contributed by atoms with Gasteiger partial charge in [0.15, 0.2) is 0 Å². The van der Waals surface area contributed by atoms with Gasteiger partial charge in [0.05, 0.1) is 0 Å². The lowest BCUT2D eigenvalue weighted by Crippen LogP contribution is -2.22. The van der Waals surface area contributed by atoms with Crippen molar-refractivity contribution in [1.29, 1.82) is 0 Å². The molecule has 2 rings (SSSR count). The third-order valence-corrected chi connectivity index (χ3v) is 2.13. The van der Waals surface area contributed by atoms with Crippen LogP contribution >= 0.6 is 0 Å². The van der Waals surface area contributed by atoms with Crippen molar-refractivity contribution in [1.82, 2.24) is 5.06 Å². The first kappa shape index (κ1) is 9.95. The lowest BCUT2D eigenvalue weighted by molar-refractivity contribution is -0.354. The van der Waals surface area contributed by atoms with Crippen LogP contribution in [-0.2, 0) is 21.1 Å². The maximum absolute atomic E-state index is 10.7. The van der Waals surface area contributed by atoms with E-state index < -0.39 is 0 Å². The van der Waals surface area contributed by atoms with Gasteiger partial charge < -0.3 is 5.11 Å². The van der Waals surface area contributed by atoms with Crippen molar-refractivity contribution < 1.29 is 19.8 Å². The molecule has 5 nitrogen and oxygen atoms in total. The Balaban J connectivity index is 1.83. The number of rotatable bonds is 3. The number of hydrogen-bond acceptors (Lipinski definition) is 5. The first-order valence-corrected chi connectivity index (χ1v) is 4.64. The van der Waals surface area contributed by atoms with Crippen LogP contribution < -0.4 is 0 Å². The number of phenolic OH excluding ortho intramolecular Hbond substituents is 1. The van der Waals surface area contributed by atoms with Gasteiger partial charge in [-0.2, -0.15) is 0 Å². The number of nitrogens with zero attached hydrogens (tertiary/aromatic N) is 1. The molecule has 0 aliphatic carbocycles. The molecule has 1 heterocycles. The van der Waals surface area contributed by atoms with Crippen molar-refractivity contribution in [2.24, 2.45) is 0 Å². The van der Waals surface area contributed by atoms with Crippen molar-refractivity contribution in [2.75, 3.05) is 13.1 Å². The molecule has 0 atom stereocenters. The molecule has 80 valence electrons. The zero-order valence-electron chi connectivity index (χ0n) is 8.05. The molecule has 0 bridgehead atoms. The first-order valence-electron chi connectivity index (χ1n) is 4.64. The van der Waals surface area contributed by atoms with Crippen LogP contribution in [0.25, 0.3) is 0 Å². The van der Waals surface area contributed by atoms with Gasteiger partial charge in [0, 0.05) is 6.54 Å². The Morgan fingerprint density at radius 3 is 2.67 bits per heavy atom. The molecule has 1 aromatic rings. The maximum Gasteiger partial charge on any atom is 0.360 e. The van der Waals surface area contributed by atoms with Gasteiger partial charge >= 0.3 is 5.97 Å². The standard InChI is InChI=1S/C10H11NO4/c12-9-3-1-8(2-4-9)5-6-11-7-10(13)14-15-11/h1-4,12H,5-7H2. The second-order valence-electron chi connectivity index (χ2n) is 3.31. The molecule has 1 fully saturated rings. The molecule has 1 saturated heterocycles. The van der Waals surface area contributed by atoms with Crippen molar-refractivity contribution in [3.05, 3.63) is 29.8 Å². The number of carbonyl (C=O) groups excluding carboxylic acids is 1. The lowest BCUT2D eigenvalue weighted by atomic mass is 10.1. The van der Waals surface area contributed by atoms with E-state index in [0.29, 0.717) is 6.54 Å². The summed E-state index contributed by atoms with van der Waals surface area (Å²) in [6.45, 7) is 0.745. The Kier molecular flexibility index (Phi) is 2.84. The minimum Gasteiger partial charge on any atom is -0.508 e. The van der Waals surface area contributed by atoms with E-state index in [1.807, 2.05) is 12.1 Å². The molecule has 0 amide bonds. The van der Waals surface area contributed by atoms with E-state index in [-0.39, 0.29) is 18.3 Å². The van der Waals surface area contributed by atoms with Crippen molar-refractivity contribution in [3.8, 4) is 5.75 Å². The summed E-state index contributed by atoms with van der Waals surface area (Å²) in [6, 6.07) is 6.91. The summed E-state index contributed by atoms with van der Waals surface area (Å²) in [6.07, 6.45) is 0.733. The van der Waals surface area contributed by atoms with Gasteiger partial charge in [0.2, 0.25) is 0 Å². The van der Waals surface area contributed by atoms with Crippen LogP contribution in [0.1, 0.15) is 5.56 Å². The predicted octanol–water partition coefficient (Wildman–Crippen LogP) is 0.640. The smallest absolute Gasteiger partial charge is 0.360 e. The first-order chi connectivity index (χ1) is 7.24. The van der Waals surface area contributed by atoms with E-state index in [0.717, 1.165) is 12.0 Å². The van der Waals surface area contributed by atoms with Crippen LogP contribution in [-0.4, -0.2) is 29.2 Å². The van der Waals surface area contributed by atoms with Gasteiger partial charge in [-0.05, 0) is 24.1 Å². The average molecular weight is 209 g/mol. The van der Waals surface area contributed by atoms with E-state index in [9.17, 15) is 4.79 Å². The lowest BCUT2D eigenvalue weighted by Gasteiger charge is -2.08. The van der Waals surface area contributed by atoms with E-state index in [2.05, 4.69) is 9.88 Å². The summed E-state index contributed by atoms with van der Waals surface area (Å²) in [5.41, 5.74) is 1.07. The molecule has 1 aliphatic rings. The zero-order valence-corrected chi connectivity index (χ0v) is 8.05. The molecule has 1 aliphatic heterocycles. The third kappa shape index (κ3) is 2.68. The normalized spacial score (nSPS) is 16.7. The van der Waals surface area contributed by atoms with Crippen molar-refractivity contribution in [3.63, 3.8) is 0 Å². The van der Waals surface area contributed by atoms with Crippen LogP contribution in [0, 0.1) is 0 Å². The number of hydroxylamine groups is 2. The second-order valence-corrected chi connectivity index (χ2v) is 3.31. The topological polar surface area (TPSA) is 59.0 Å². The monoisotopic (exact) mass is 209 g/mol. The minimum atomic E-state index is -0.374. The predicted molar refractivity (Wildman–Crippen MR) is 50.6 cm³/mol. The second kappa shape index (κ2) is 4.29. The highest BCUT2D eigenvalue weighted by Gasteiger charge is 2.22. The summed E-state index contributed by atoms with van der Waals surface area (Å²) in [5.74, 6) is -0.129. The molecule has 5 heteroatoms. The zero-order chi connectivity index (χ0) is 10.7. The van der Waals surface area contributed by atoms with Crippen LogP contribution in [0.4, 0.5) is 0 Å². The Hall–Kier alpha value is -1.59. The molecular formula is C10H11NO4. The summed E-state index contributed by atoms with van der Waals surface area (Å²) in [5, 5.41) is 10.5. The number of carbonyl (C=O) groups is 1. The summed E-state index contributed by atoms with van der Waals surface area (Å²) in [7, 11) is 0. The molecule has 0 aromatic heterocycles. The highest BCUT2D eigenvalue weighted by molar-refractivity contribution is 5.71. The molecule has 0 spiro atoms. The fourth-order valence-corrected chi connectivity index (χ4v) is 1.32. The molecule has 0 unspecified atom stereocenters. The SMILES string of the molecule is O=C1CN(CCc2ccc(O)cc2)OO1. The molecule has 1 aromatic carbocycles. The van der Waals surface area contributed by atoms with Crippen LogP contribution in [0.2, 0.25) is 0 Å². The Labute approximate surface area is 86.7 Å². The van der Waals surface area contributed by atoms with Gasteiger partial charge in [-0.25, -0.2) is 4.79 Å². The quantitative estimate of drug-likeness (QED) is 0.740. The minimum absolute atomic E-state index is 0.165. The highest BCUT2D eigenvalue weighted by Crippen LogP contribution is 2.11. The third-order valence-electron chi connectivity index (χ3n) is 2.13. The molecular weight excluding hydrogens is 198 g/mol. The van der Waals surface area contributed by atoms with Gasteiger partial charge in [-0.15, -0.1) is 5.06 Å². The summed E-state index contributed by atoms with van der Waals surface area (Å²) < 4.78 is 0. The highest BCUT2D eigenvalue weighted by atomic mass is 17.3. The fourth-order valence-electron chi connectivity index (χ4n) is 1.32. The van der Waals surface area contributed by atoms with E-state index in [1.54, 1.807) is 12.1 Å². The van der Waals surface area contributed by atoms with Crippen LogP contribution in [0.3, 0.4) is 0 Å². The fraction of sp³-hybridized carbons (Fsp3) is 0.300. The Morgan fingerprint density at radius 1 is 1.33 bits per heavy atom. The van der Waals surface area contributed by atoms with Crippen LogP contribution in [0.15, 0.2) is 24.3 Å². The number of aromatic hydroxyl groups is 1. The van der Waals surface area contributed by atoms with E-state index >= 15 is 0 Å². The average Bonchev–Trinajstić information content (AvgIpc) is 2.64. The van der Waals surface area contributed by atoms with Crippen molar-refractivity contribution >= 4 is 5.97 Å². The molecule has 0 radical (unpaired) electrons. The van der Waals surface area contributed by atoms with E-state index in [4.69, 9.17) is 5.11 Å². The summed E-state index contributed by atoms with van der Waals surface area (Å²) >= 11 is 0. The molecule has 15 heavy (non-hydrogen) atoms. The maximum atomic E-state index is 10.7. The van der Waals surface area contributed by atoms with Gasteiger partial charge in [0.1, 0.15) is 12.3 Å².